The number of rotatable bonds is 3. The van der Waals surface area contributed by atoms with Gasteiger partial charge in [0.2, 0.25) is 5.91 Å². The molecule has 10 heteroatoms. The van der Waals surface area contributed by atoms with E-state index in [-0.39, 0.29) is 23.1 Å². The third-order valence-electron chi connectivity index (χ3n) is 5.49. The minimum atomic E-state index is -3.75. The molecule has 0 unspecified atom stereocenters. The average molecular weight is 395 g/mol. The summed E-state index contributed by atoms with van der Waals surface area (Å²) in [7, 11) is 0. The number of alkyl halides is 2. The molecule has 1 aromatic rings. The molecule has 4 amide bonds. The quantitative estimate of drug-likeness (QED) is 0.767. The molecule has 3 aliphatic rings. The number of nitrogens with one attached hydrogen (secondary N) is 2. The number of carbonyl (C=O) groups is 3. The molecule has 1 aliphatic carbocycles. The van der Waals surface area contributed by atoms with E-state index in [1.54, 1.807) is 0 Å². The van der Waals surface area contributed by atoms with E-state index in [1.165, 1.54) is 18.2 Å². The molecular formula is C18H19F2N3O5. The molecule has 0 bridgehead atoms. The number of nitrogens with zero attached hydrogens (tertiary/aromatic N) is 1. The van der Waals surface area contributed by atoms with Gasteiger partial charge >= 0.3 is 12.3 Å². The van der Waals surface area contributed by atoms with Gasteiger partial charge in [0.1, 0.15) is 12.1 Å². The summed E-state index contributed by atoms with van der Waals surface area (Å²) in [5.74, 6) is -1.40. The smallest absolute Gasteiger partial charge is 0.395 e. The van der Waals surface area contributed by atoms with Crippen LogP contribution in [0.2, 0.25) is 0 Å². The molecule has 8 nitrogen and oxygen atoms in total. The lowest BCUT2D eigenvalue weighted by atomic mass is 9.73. The van der Waals surface area contributed by atoms with Gasteiger partial charge < -0.3 is 20.1 Å². The lowest BCUT2D eigenvalue weighted by Crippen LogP contribution is -2.54. The molecule has 2 heterocycles. The minimum absolute atomic E-state index is 0.0127. The summed E-state index contributed by atoms with van der Waals surface area (Å²) in [6, 6.07) is 3.18. The maximum Gasteiger partial charge on any atom is 0.586 e. The van der Waals surface area contributed by atoms with E-state index in [9.17, 15) is 23.2 Å². The highest BCUT2D eigenvalue weighted by atomic mass is 19.3. The van der Waals surface area contributed by atoms with Crippen LogP contribution in [0.3, 0.4) is 0 Å². The van der Waals surface area contributed by atoms with Crippen LogP contribution < -0.4 is 20.1 Å². The third kappa shape index (κ3) is 3.02. The molecule has 2 fully saturated rings. The summed E-state index contributed by atoms with van der Waals surface area (Å²) in [5.41, 5.74) is -0.766. The van der Waals surface area contributed by atoms with E-state index in [4.69, 9.17) is 0 Å². The Morgan fingerprint density at radius 3 is 2.79 bits per heavy atom. The van der Waals surface area contributed by atoms with Crippen LogP contribution in [0.1, 0.15) is 32.6 Å². The molecule has 1 spiro atoms. The number of imide groups is 1. The first-order chi connectivity index (χ1) is 13.2. The van der Waals surface area contributed by atoms with Crippen LogP contribution in [0.5, 0.6) is 11.5 Å². The summed E-state index contributed by atoms with van der Waals surface area (Å²) >= 11 is 0. The van der Waals surface area contributed by atoms with E-state index >= 15 is 0 Å². The number of ether oxygens (including phenoxy) is 2. The lowest BCUT2D eigenvalue weighted by molar-refractivity contribution is -0.286. The van der Waals surface area contributed by atoms with Gasteiger partial charge in [-0.3, -0.25) is 14.5 Å². The number of anilines is 1. The van der Waals surface area contributed by atoms with Crippen LogP contribution in [-0.2, 0) is 9.59 Å². The normalized spacial score (nSPS) is 27.8. The zero-order valence-electron chi connectivity index (χ0n) is 15.1. The van der Waals surface area contributed by atoms with Crippen LogP contribution in [0.4, 0.5) is 19.3 Å². The molecule has 150 valence electrons. The van der Waals surface area contributed by atoms with E-state index in [2.05, 4.69) is 20.1 Å². The fourth-order valence-electron chi connectivity index (χ4n) is 4.01. The summed E-state index contributed by atoms with van der Waals surface area (Å²) in [4.78, 5) is 38.4. The highest BCUT2D eigenvalue weighted by molar-refractivity contribution is 6.10. The summed E-state index contributed by atoms with van der Waals surface area (Å²) in [5, 5.41) is 5.24. The Morgan fingerprint density at radius 1 is 1.29 bits per heavy atom. The molecule has 4 rings (SSSR count). The van der Waals surface area contributed by atoms with Crippen molar-refractivity contribution in [2.24, 2.45) is 5.92 Å². The van der Waals surface area contributed by atoms with Gasteiger partial charge in [-0.2, -0.15) is 0 Å². The van der Waals surface area contributed by atoms with Gasteiger partial charge in [0.25, 0.3) is 5.91 Å². The summed E-state index contributed by atoms with van der Waals surface area (Å²) in [6.45, 7) is 1.45. The molecular weight excluding hydrogens is 376 g/mol. The molecule has 2 aliphatic heterocycles. The first-order valence-electron chi connectivity index (χ1n) is 9.04. The second kappa shape index (κ2) is 6.32. The van der Waals surface area contributed by atoms with E-state index in [1.807, 2.05) is 6.92 Å². The van der Waals surface area contributed by atoms with E-state index in [0.717, 1.165) is 24.2 Å². The summed E-state index contributed by atoms with van der Waals surface area (Å²) < 4.78 is 34.8. The van der Waals surface area contributed by atoms with Gasteiger partial charge in [0.15, 0.2) is 11.5 Å². The minimum Gasteiger partial charge on any atom is -0.395 e. The highest BCUT2D eigenvalue weighted by Crippen LogP contribution is 2.42. The van der Waals surface area contributed by atoms with E-state index in [0.29, 0.717) is 6.42 Å². The zero-order chi connectivity index (χ0) is 20.1. The molecule has 2 N–H and O–H groups in total. The predicted molar refractivity (Wildman–Crippen MR) is 91.9 cm³/mol. The Kier molecular flexibility index (Phi) is 4.16. The average Bonchev–Trinajstić information content (AvgIpc) is 3.05. The third-order valence-corrected chi connectivity index (χ3v) is 5.49. The Bertz CT molecular complexity index is 862. The lowest BCUT2D eigenvalue weighted by Gasteiger charge is -2.36. The van der Waals surface area contributed by atoms with Crippen molar-refractivity contribution in [3.05, 3.63) is 18.2 Å². The van der Waals surface area contributed by atoms with Crippen molar-refractivity contribution in [1.29, 1.82) is 0 Å². The van der Waals surface area contributed by atoms with Crippen molar-refractivity contribution in [2.75, 3.05) is 11.9 Å². The number of fused-ring (bicyclic) bond motifs is 1. The topological polar surface area (TPSA) is 97.0 Å². The zero-order valence-corrected chi connectivity index (χ0v) is 15.1. The monoisotopic (exact) mass is 395 g/mol. The molecule has 0 radical (unpaired) electrons. The Hall–Kier alpha value is -2.91. The number of halogens is 2. The number of urea groups is 1. The largest absolute Gasteiger partial charge is 0.586 e. The number of hydrogen-bond acceptors (Lipinski definition) is 5. The van der Waals surface area contributed by atoms with Crippen molar-refractivity contribution in [2.45, 2.75) is 44.4 Å². The molecule has 28 heavy (non-hydrogen) atoms. The van der Waals surface area contributed by atoms with Gasteiger partial charge in [0.05, 0.1) is 0 Å². The van der Waals surface area contributed by atoms with Crippen LogP contribution in [-0.4, -0.2) is 41.1 Å². The maximum atomic E-state index is 13.1. The molecule has 1 saturated carbocycles. The van der Waals surface area contributed by atoms with Gasteiger partial charge in [-0.05, 0) is 30.9 Å². The van der Waals surface area contributed by atoms with Gasteiger partial charge in [-0.1, -0.05) is 19.8 Å². The van der Waals surface area contributed by atoms with Crippen molar-refractivity contribution in [3.8, 4) is 11.5 Å². The Balaban J connectivity index is 1.43. The second-order valence-electron chi connectivity index (χ2n) is 7.32. The molecule has 1 aromatic carbocycles. The predicted octanol–water partition coefficient (Wildman–Crippen LogP) is 2.45. The van der Waals surface area contributed by atoms with Gasteiger partial charge in [0, 0.05) is 11.8 Å². The van der Waals surface area contributed by atoms with Gasteiger partial charge in [-0.25, -0.2) is 4.79 Å². The molecule has 0 aromatic heterocycles. The Labute approximate surface area is 159 Å². The van der Waals surface area contributed by atoms with Crippen LogP contribution >= 0.6 is 0 Å². The van der Waals surface area contributed by atoms with Crippen LogP contribution in [0.15, 0.2) is 18.2 Å². The highest BCUT2D eigenvalue weighted by Gasteiger charge is 2.55. The van der Waals surface area contributed by atoms with E-state index < -0.39 is 36.2 Å². The van der Waals surface area contributed by atoms with Crippen LogP contribution in [0, 0.1) is 5.92 Å². The number of benzene rings is 1. The van der Waals surface area contributed by atoms with Crippen molar-refractivity contribution >= 4 is 23.5 Å². The molecule has 2 atom stereocenters. The van der Waals surface area contributed by atoms with Gasteiger partial charge in [-0.15, -0.1) is 8.78 Å². The first kappa shape index (κ1) is 18.5. The fourth-order valence-corrected chi connectivity index (χ4v) is 4.01. The number of carbonyl (C=O) groups excluding carboxylic acids is 3. The first-order valence-corrected chi connectivity index (χ1v) is 9.04. The fraction of sp³-hybridized carbons (Fsp3) is 0.500. The Morgan fingerprint density at radius 2 is 2.04 bits per heavy atom. The van der Waals surface area contributed by atoms with Crippen molar-refractivity contribution in [1.82, 2.24) is 10.2 Å². The second-order valence-corrected chi connectivity index (χ2v) is 7.32. The SMILES string of the molecule is C[C@@H]1CCCC[C@@]12NC(=O)N(CC(=O)Nc1ccc3c(c1)OC(F)(F)O3)C2=O. The standard InChI is InChI=1S/C18H19F2N3O5/c1-10-4-2-3-7-17(10)15(25)23(16(26)22-17)9-14(24)21-11-5-6-12-13(8-11)28-18(19,20)27-12/h5-6,8,10H,2-4,7,9H2,1H3,(H,21,24)(H,22,26)/t10-,17-/m1/s1. The maximum absolute atomic E-state index is 13.1. The van der Waals surface area contributed by atoms with Crippen molar-refractivity contribution in [3.63, 3.8) is 0 Å². The molecule has 1 saturated heterocycles. The number of hydrogen-bond donors (Lipinski definition) is 2. The summed E-state index contributed by atoms with van der Waals surface area (Å²) in [6.07, 6.45) is -0.551. The number of amides is 4. The van der Waals surface area contributed by atoms with Crippen LogP contribution in [0.25, 0.3) is 0 Å². The van der Waals surface area contributed by atoms with Crippen molar-refractivity contribution < 1.29 is 32.6 Å².